The van der Waals surface area contributed by atoms with Crippen molar-refractivity contribution in [2.75, 3.05) is 0 Å². The largest absolute Gasteiger partial charge is 4.00 e. The first-order chi connectivity index (χ1) is 9.00. The van der Waals surface area contributed by atoms with Crippen molar-refractivity contribution in [1.29, 1.82) is 0 Å². The Labute approximate surface area is 137 Å². The number of carbonyl (C=O) groups is 4. The first-order valence-electron chi connectivity index (χ1n) is 4.94. The summed E-state index contributed by atoms with van der Waals surface area (Å²) in [4.78, 5) is 38.9. The van der Waals surface area contributed by atoms with E-state index in [1.165, 1.54) is 0 Å². The van der Waals surface area contributed by atoms with Gasteiger partial charge in [-0.05, 0) is 12.8 Å². The van der Waals surface area contributed by atoms with E-state index in [9.17, 15) is 39.6 Å². The average molecular weight is 384 g/mol. The van der Waals surface area contributed by atoms with Crippen LogP contribution in [0.1, 0.15) is 12.8 Å². The van der Waals surface area contributed by atoms with Gasteiger partial charge in [-0.2, -0.15) is 0 Å². The van der Waals surface area contributed by atoms with Crippen LogP contribution in [-0.4, -0.2) is 52.3 Å². The molecule has 0 rings (SSSR count). The van der Waals surface area contributed by atoms with Gasteiger partial charge < -0.3 is 55.6 Å². The Bertz CT molecular complexity index is 356. The standard InChI is InChI=1S/C5H9NO4.C4H6O6.Zr/c6-3(5(9)10)1-2-4(7)8;5-1(3(7)8)2(6)4(9)10;/h3H,1-2,6H2,(H,7,8)(H,9,10);1-2,5-6H,(H,7,8)(H,9,10);/q;;+4/p-4. The minimum absolute atomic E-state index is 0. The quantitative estimate of drug-likeness (QED) is 0.373. The van der Waals surface area contributed by atoms with Gasteiger partial charge in [-0.1, -0.05) is 0 Å². The van der Waals surface area contributed by atoms with Crippen molar-refractivity contribution < 1.29 is 76.0 Å². The third kappa shape index (κ3) is 13.4. The molecule has 0 aromatic carbocycles. The van der Waals surface area contributed by atoms with Crippen LogP contribution in [0.3, 0.4) is 0 Å². The average Bonchev–Trinajstić information content (AvgIpc) is 2.34. The Kier molecular flexibility index (Phi) is 14.5. The monoisotopic (exact) mass is 383 g/mol. The van der Waals surface area contributed by atoms with Crippen LogP contribution in [0, 0.1) is 0 Å². The SMILES string of the molecule is NC(CCC(=O)[O-])C(=O)[O-].O=C([O-])C(O)C(O)C(=O)[O-].[Zr+4]. The van der Waals surface area contributed by atoms with Crippen LogP contribution in [0.5, 0.6) is 0 Å². The van der Waals surface area contributed by atoms with Crippen LogP contribution in [0.4, 0.5) is 0 Å². The molecule has 11 nitrogen and oxygen atoms in total. The topological polar surface area (TPSA) is 227 Å². The van der Waals surface area contributed by atoms with Crippen molar-refractivity contribution >= 4 is 23.9 Å². The van der Waals surface area contributed by atoms with E-state index in [4.69, 9.17) is 15.9 Å². The van der Waals surface area contributed by atoms with Gasteiger partial charge in [-0.3, -0.25) is 0 Å². The summed E-state index contributed by atoms with van der Waals surface area (Å²) < 4.78 is 0. The molecule has 0 aliphatic rings. The zero-order valence-electron chi connectivity index (χ0n) is 10.4. The minimum Gasteiger partial charge on any atom is -0.550 e. The molecular weight excluding hydrogens is 373 g/mol. The molecule has 0 aromatic rings. The molecule has 0 spiro atoms. The Morgan fingerprint density at radius 1 is 0.857 bits per heavy atom. The van der Waals surface area contributed by atoms with Gasteiger partial charge in [0.25, 0.3) is 0 Å². The summed E-state index contributed by atoms with van der Waals surface area (Å²) in [7, 11) is 0. The maximum absolute atomic E-state index is 9.86. The fraction of sp³-hybridized carbons (Fsp3) is 0.556. The number of hydrogen-bond acceptors (Lipinski definition) is 11. The van der Waals surface area contributed by atoms with Gasteiger partial charge in [0, 0.05) is 12.0 Å². The number of aliphatic hydroxyl groups is 2. The van der Waals surface area contributed by atoms with E-state index >= 15 is 0 Å². The molecule has 0 saturated heterocycles. The summed E-state index contributed by atoms with van der Waals surface area (Å²) in [5, 5.41) is 55.3. The molecule has 0 bridgehead atoms. The molecular formula is C9H11NO10Zr. The maximum atomic E-state index is 9.86. The molecule has 0 aliphatic carbocycles. The van der Waals surface area contributed by atoms with E-state index in [1.807, 2.05) is 0 Å². The fourth-order valence-corrected chi connectivity index (χ4v) is 0.649. The third-order valence-electron chi connectivity index (χ3n) is 1.74. The molecule has 0 saturated carbocycles. The second-order valence-electron chi connectivity index (χ2n) is 3.36. The van der Waals surface area contributed by atoms with Gasteiger partial charge in [0.15, 0.2) is 0 Å². The molecule has 0 aromatic heterocycles. The van der Waals surface area contributed by atoms with Crippen LogP contribution in [0.25, 0.3) is 0 Å². The fourth-order valence-electron chi connectivity index (χ4n) is 0.649. The zero-order valence-corrected chi connectivity index (χ0v) is 12.8. The molecule has 3 unspecified atom stereocenters. The first kappa shape index (κ1) is 24.6. The second-order valence-corrected chi connectivity index (χ2v) is 3.36. The molecule has 21 heavy (non-hydrogen) atoms. The minimum atomic E-state index is -2.44. The maximum Gasteiger partial charge on any atom is 4.00 e. The summed E-state index contributed by atoms with van der Waals surface area (Å²) in [6.07, 6.45) is -5.38. The molecule has 0 radical (unpaired) electrons. The molecule has 3 atom stereocenters. The molecule has 0 aliphatic heterocycles. The van der Waals surface area contributed by atoms with Crippen molar-refractivity contribution in [3.05, 3.63) is 0 Å². The van der Waals surface area contributed by atoms with Crippen molar-refractivity contribution in [2.24, 2.45) is 5.73 Å². The number of aliphatic hydroxyl groups excluding tert-OH is 2. The Balaban J connectivity index is -0.000000295. The van der Waals surface area contributed by atoms with Crippen molar-refractivity contribution in [3.8, 4) is 0 Å². The summed E-state index contributed by atoms with van der Waals surface area (Å²) in [5.41, 5.74) is 4.91. The first-order valence-corrected chi connectivity index (χ1v) is 4.94. The summed E-state index contributed by atoms with van der Waals surface area (Å²) in [6, 6.07) is -1.21. The van der Waals surface area contributed by atoms with Gasteiger partial charge in [0.1, 0.15) is 12.2 Å². The summed E-state index contributed by atoms with van der Waals surface area (Å²) >= 11 is 0. The van der Waals surface area contributed by atoms with Crippen LogP contribution >= 0.6 is 0 Å². The normalized spacial score (nSPS) is 13.5. The zero-order chi connectivity index (χ0) is 16.5. The number of carboxylic acid groups (broad SMARTS) is 4. The van der Waals surface area contributed by atoms with Crippen molar-refractivity contribution in [3.63, 3.8) is 0 Å². The molecule has 12 heteroatoms. The second kappa shape index (κ2) is 12.4. The van der Waals surface area contributed by atoms with E-state index in [1.54, 1.807) is 0 Å². The number of rotatable bonds is 7. The van der Waals surface area contributed by atoms with E-state index < -0.39 is 42.1 Å². The third-order valence-corrected chi connectivity index (χ3v) is 1.74. The van der Waals surface area contributed by atoms with Gasteiger partial charge in [0.05, 0.1) is 17.9 Å². The van der Waals surface area contributed by atoms with Crippen LogP contribution in [0.2, 0.25) is 0 Å². The van der Waals surface area contributed by atoms with Crippen LogP contribution < -0.4 is 26.2 Å². The number of aliphatic carboxylic acids is 4. The predicted molar refractivity (Wildman–Crippen MR) is 49.3 cm³/mol. The number of carboxylic acids is 4. The molecule has 0 heterocycles. The Morgan fingerprint density at radius 3 is 1.38 bits per heavy atom. The number of hydrogen-bond donors (Lipinski definition) is 3. The van der Waals surface area contributed by atoms with Gasteiger partial charge in [-0.15, -0.1) is 0 Å². The molecule has 4 N–H and O–H groups in total. The van der Waals surface area contributed by atoms with Crippen molar-refractivity contribution in [2.45, 2.75) is 31.1 Å². The van der Waals surface area contributed by atoms with E-state index in [2.05, 4.69) is 0 Å². The number of carbonyl (C=O) groups excluding carboxylic acids is 4. The summed E-state index contributed by atoms with van der Waals surface area (Å²) in [6.45, 7) is 0. The van der Waals surface area contributed by atoms with Crippen LogP contribution in [0.15, 0.2) is 0 Å². The Morgan fingerprint density at radius 2 is 1.19 bits per heavy atom. The summed E-state index contributed by atoms with van der Waals surface area (Å²) in [5.74, 6) is -6.87. The smallest absolute Gasteiger partial charge is 0.550 e. The van der Waals surface area contributed by atoms with Crippen molar-refractivity contribution in [1.82, 2.24) is 0 Å². The molecule has 116 valence electrons. The van der Waals surface area contributed by atoms with Gasteiger partial charge in [0.2, 0.25) is 0 Å². The van der Waals surface area contributed by atoms with E-state index in [-0.39, 0.29) is 39.0 Å². The van der Waals surface area contributed by atoms with Crippen LogP contribution in [-0.2, 0) is 45.4 Å². The Hall–Kier alpha value is -1.36. The molecule has 0 amide bonds. The predicted octanol–water partition coefficient (Wildman–Crippen LogP) is -8.20. The molecule has 0 fully saturated rings. The van der Waals surface area contributed by atoms with Gasteiger partial charge in [-0.25, -0.2) is 0 Å². The number of nitrogens with two attached hydrogens (primary N) is 1. The van der Waals surface area contributed by atoms with E-state index in [0.29, 0.717) is 0 Å². The van der Waals surface area contributed by atoms with Gasteiger partial charge >= 0.3 is 26.2 Å². The van der Waals surface area contributed by atoms with E-state index in [0.717, 1.165) is 0 Å².